The number of rotatable bonds is 5. The van der Waals surface area contributed by atoms with E-state index in [0.717, 1.165) is 0 Å². The van der Waals surface area contributed by atoms with Crippen molar-refractivity contribution in [2.45, 2.75) is 19.4 Å². The fourth-order valence-electron chi connectivity index (χ4n) is 1.24. The number of halogens is 1. The number of ether oxygens (including phenoxy) is 2. The molecular weight excluding hydrogens is 227 g/mol. The Balaban J connectivity index is 2.57. The monoisotopic (exact) mass is 242 g/mol. The minimum absolute atomic E-state index is 0.0532. The van der Waals surface area contributed by atoms with Crippen LogP contribution in [0.15, 0.2) is 18.2 Å². The maximum atomic E-state index is 13.5. The van der Waals surface area contributed by atoms with Gasteiger partial charge >= 0.3 is 5.97 Å². The normalized spacial score (nSPS) is 12.0. The molecule has 0 saturated carbocycles. The van der Waals surface area contributed by atoms with Gasteiger partial charge in [0.05, 0.1) is 26.2 Å². The zero-order valence-corrected chi connectivity index (χ0v) is 9.77. The number of hydrogen-bond donors (Lipinski definition) is 1. The molecule has 0 aliphatic rings. The number of hydrogen-bond acceptors (Lipinski definition) is 4. The van der Waals surface area contributed by atoms with Crippen LogP contribution in [0.5, 0.6) is 5.75 Å². The smallest absolute Gasteiger partial charge is 0.308 e. The Hall–Kier alpha value is -1.62. The molecule has 1 atom stereocenters. The Kier molecular flexibility index (Phi) is 4.90. The fourth-order valence-corrected chi connectivity index (χ4v) is 1.24. The first-order valence-electron chi connectivity index (χ1n) is 5.21. The van der Waals surface area contributed by atoms with E-state index in [1.807, 2.05) is 0 Å². The summed E-state index contributed by atoms with van der Waals surface area (Å²) in [5, 5.41) is 9.25. The lowest BCUT2D eigenvalue weighted by molar-refractivity contribution is -0.141. The van der Waals surface area contributed by atoms with E-state index in [1.54, 1.807) is 13.0 Å². The summed E-state index contributed by atoms with van der Waals surface area (Å²) in [6, 6.07) is 4.20. The second kappa shape index (κ2) is 6.20. The molecule has 1 N–H and O–H groups in total. The van der Waals surface area contributed by atoms with Crippen molar-refractivity contribution < 1.29 is 23.8 Å². The maximum absolute atomic E-state index is 13.5. The topological polar surface area (TPSA) is 55.8 Å². The molecule has 5 heteroatoms. The second-order valence-corrected chi connectivity index (χ2v) is 3.54. The van der Waals surface area contributed by atoms with Crippen LogP contribution < -0.4 is 4.74 Å². The van der Waals surface area contributed by atoms with E-state index in [-0.39, 0.29) is 18.8 Å². The Bertz CT molecular complexity index is 390. The number of aliphatic hydroxyl groups is 1. The van der Waals surface area contributed by atoms with Gasteiger partial charge in [-0.1, -0.05) is 6.07 Å². The highest BCUT2D eigenvalue weighted by molar-refractivity contribution is 5.69. The summed E-state index contributed by atoms with van der Waals surface area (Å²) in [6.45, 7) is 1.60. The van der Waals surface area contributed by atoms with Crippen molar-refractivity contribution in [3.8, 4) is 5.75 Å². The summed E-state index contributed by atoms with van der Waals surface area (Å²) in [4.78, 5) is 10.8. The summed E-state index contributed by atoms with van der Waals surface area (Å²) in [5.74, 6) is -0.919. The van der Waals surface area contributed by atoms with Crippen LogP contribution in [-0.4, -0.2) is 24.8 Å². The van der Waals surface area contributed by atoms with Crippen LogP contribution in [0.3, 0.4) is 0 Å². The van der Waals surface area contributed by atoms with Gasteiger partial charge in [0.2, 0.25) is 0 Å². The Labute approximate surface area is 99.0 Å². The van der Waals surface area contributed by atoms with Gasteiger partial charge in [0.25, 0.3) is 0 Å². The molecule has 4 nitrogen and oxygen atoms in total. The van der Waals surface area contributed by atoms with Crippen molar-refractivity contribution in [3.05, 3.63) is 29.6 Å². The van der Waals surface area contributed by atoms with Crippen molar-refractivity contribution in [2.24, 2.45) is 0 Å². The molecule has 17 heavy (non-hydrogen) atoms. The number of esters is 1. The number of benzene rings is 1. The van der Waals surface area contributed by atoms with E-state index in [0.29, 0.717) is 5.56 Å². The average molecular weight is 242 g/mol. The van der Waals surface area contributed by atoms with Gasteiger partial charge < -0.3 is 14.6 Å². The minimum Gasteiger partial charge on any atom is -0.490 e. The van der Waals surface area contributed by atoms with Crippen LogP contribution in [-0.2, 0) is 9.53 Å². The third-order valence-electron chi connectivity index (χ3n) is 2.23. The largest absolute Gasteiger partial charge is 0.490 e. The Morgan fingerprint density at radius 1 is 1.53 bits per heavy atom. The molecule has 0 bridgehead atoms. The molecule has 0 radical (unpaired) electrons. The van der Waals surface area contributed by atoms with Gasteiger partial charge in [-0.15, -0.1) is 0 Å². The van der Waals surface area contributed by atoms with Gasteiger partial charge in [-0.05, 0) is 24.6 Å². The van der Waals surface area contributed by atoms with Gasteiger partial charge in [-0.25, -0.2) is 4.39 Å². The van der Waals surface area contributed by atoms with Crippen molar-refractivity contribution >= 4 is 5.97 Å². The number of methoxy groups -OCH3 is 1. The molecule has 0 aromatic heterocycles. The third-order valence-corrected chi connectivity index (χ3v) is 2.23. The van der Waals surface area contributed by atoms with Gasteiger partial charge in [0.15, 0.2) is 11.6 Å². The molecule has 0 spiro atoms. The molecule has 94 valence electrons. The van der Waals surface area contributed by atoms with E-state index >= 15 is 0 Å². The van der Waals surface area contributed by atoms with Gasteiger partial charge in [-0.3, -0.25) is 4.79 Å². The number of carbonyl (C=O) groups excluding carboxylic acids is 1. The third kappa shape index (κ3) is 4.03. The summed E-state index contributed by atoms with van der Waals surface area (Å²) >= 11 is 0. The van der Waals surface area contributed by atoms with Crippen molar-refractivity contribution in [1.82, 2.24) is 0 Å². The van der Waals surface area contributed by atoms with Crippen molar-refractivity contribution in [2.75, 3.05) is 13.7 Å². The minimum atomic E-state index is -0.728. The Morgan fingerprint density at radius 3 is 2.76 bits per heavy atom. The second-order valence-electron chi connectivity index (χ2n) is 3.54. The predicted octanol–water partition coefficient (Wildman–Crippen LogP) is 1.82. The molecule has 0 aliphatic heterocycles. The van der Waals surface area contributed by atoms with Crippen LogP contribution in [0.4, 0.5) is 4.39 Å². The lowest BCUT2D eigenvalue weighted by atomic mass is 10.1. The van der Waals surface area contributed by atoms with E-state index in [9.17, 15) is 14.3 Å². The van der Waals surface area contributed by atoms with Crippen LogP contribution in [0, 0.1) is 5.82 Å². The van der Waals surface area contributed by atoms with Crippen LogP contribution in [0.2, 0.25) is 0 Å². The van der Waals surface area contributed by atoms with Crippen LogP contribution in [0.25, 0.3) is 0 Å². The molecule has 1 aromatic carbocycles. The molecule has 0 saturated heterocycles. The van der Waals surface area contributed by atoms with Crippen molar-refractivity contribution in [3.63, 3.8) is 0 Å². The SMILES string of the molecule is COC(=O)CCOc1ccc([C@@H](C)O)cc1F. The van der Waals surface area contributed by atoms with Gasteiger partial charge in [-0.2, -0.15) is 0 Å². The summed E-state index contributed by atoms with van der Waals surface area (Å²) in [5.41, 5.74) is 0.475. The first-order valence-corrected chi connectivity index (χ1v) is 5.21. The summed E-state index contributed by atoms with van der Waals surface area (Å²) in [6.07, 6.45) is -0.665. The first-order chi connectivity index (χ1) is 8.04. The lowest BCUT2D eigenvalue weighted by Crippen LogP contribution is -2.08. The molecule has 1 aromatic rings. The lowest BCUT2D eigenvalue weighted by Gasteiger charge is -2.09. The molecule has 0 heterocycles. The summed E-state index contributed by atoms with van der Waals surface area (Å²) < 4.78 is 23.0. The number of aliphatic hydroxyl groups excluding tert-OH is 1. The van der Waals surface area contributed by atoms with E-state index in [2.05, 4.69) is 4.74 Å². The molecule has 0 amide bonds. The zero-order valence-electron chi connectivity index (χ0n) is 9.77. The van der Waals surface area contributed by atoms with E-state index < -0.39 is 17.9 Å². The van der Waals surface area contributed by atoms with Crippen LogP contribution >= 0.6 is 0 Å². The Morgan fingerprint density at radius 2 is 2.24 bits per heavy atom. The quantitative estimate of drug-likeness (QED) is 0.800. The average Bonchev–Trinajstić information content (AvgIpc) is 2.30. The first kappa shape index (κ1) is 13.4. The van der Waals surface area contributed by atoms with E-state index in [1.165, 1.54) is 19.2 Å². The molecule has 0 aliphatic carbocycles. The molecule has 0 unspecified atom stereocenters. The maximum Gasteiger partial charge on any atom is 0.308 e. The number of carbonyl (C=O) groups is 1. The molecular formula is C12H15FO4. The highest BCUT2D eigenvalue weighted by Gasteiger charge is 2.08. The van der Waals surface area contributed by atoms with Gasteiger partial charge in [0, 0.05) is 0 Å². The highest BCUT2D eigenvalue weighted by Crippen LogP contribution is 2.21. The van der Waals surface area contributed by atoms with Crippen LogP contribution in [0.1, 0.15) is 25.0 Å². The standard InChI is InChI=1S/C12H15FO4/c1-8(14)9-3-4-11(10(13)7-9)17-6-5-12(15)16-2/h3-4,7-8,14H,5-6H2,1-2H3/t8-/m1/s1. The van der Waals surface area contributed by atoms with Gasteiger partial charge in [0.1, 0.15) is 0 Å². The zero-order chi connectivity index (χ0) is 12.8. The highest BCUT2D eigenvalue weighted by atomic mass is 19.1. The molecule has 1 rings (SSSR count). The van der Waals surface area contributed by atoms with E-state index in [4.69, 9.17) is 4.74 Å². The summed E-state index contributed by atoms with van der Waals surface area (Å²) in [7, 11) is 1.28. The molecule has 0 fully saturated rings. The van der Waals surface area contributed by atoms with Crippen molar-refractivity contribution in [1.29, 1.82) is 0 Å². The predicted molar refractivity (Wildman–Crippen MR) is 59.2 cm³/mol. The fraction of sp³-hybridized carbons (Fsp3) is 0.417.